The summed E-state index contributed by atoms with van der Waals surface area (Å²) in [6, 6.07) is 7.46. The van der Waals surface area contributed by atoms with E-state index < -0.39 is 0 Å². The molecule has 2 rings (SSSR count). The summed E-state index contributed by atoms with van der Waals surface area (Å²) in [5.74, 6) is 1.18. The van der Waals surface area contributed by atoms with Crippen molar-refractivity contribution >= 4 is 23.2 Å². The first-order valence-corrected chi connectivity index (χ1v) is 6.56. The molecule has 0 aliphatic carbocycles. The molecule has 0 fully saturated rings. The molecule has 0 bridgehead atoms. The van der Waals surface area contributed by atoms with Crippen molar-refractivity contribution in [1.82, 2.24) is 9.78 Å². The van der Waals surface area contributed by atoms with Crippen LogP contribution in [0.4, 0.5) is 0 Å². The van der Waals surface area contributed by atoms with Gasteiger partial charge in [0.25, 0.3) is 0 Å². The van der Waals surface area contributed by atoms with E-state index in [-0.39, 0.29) is 0 Å². The third-order valence-electron chi connectivity index (χ3n) is 2.70. The van der Waals surface area contributed by atoms with Gasteiger partial charge in [-0.15, -0.1) is 11.6 Å². The Balaban J connectivity index is 1.96. The number of hydrogen-bond donors (Lipinski definition) is 0. The van der Waals surface area contributed by atoms with Gasteiger partial charge in [-0.1, -0.05) is 11.6 Å². The Kier molecular flexibility index (Phi) is 4.50. The molecule has 0 radical (unpaired) electrons. The number of aromatic nitrogens is 2. The normalized spacial score (nSPS) is 10.6. The van der Waals surface area contributed by atoms with Crippen molar-refractivity contribution in [2.45, 2.75) is 12.3 Å². The summed E-state index contributed by atoms with van der Waals surface area (Å²) in [6.07, 6.45) is 2.59. The lowest BCUT2D eigenvalue weighted by Gasteiger charge is -2.10. The lowest BCUT2D eigenvalue weighted by atomic mass is 10.2. The second kappa shape index (κ2) is 6.12. The summed E-state index contributed by atoms with van der Waals surface area (Å²) in [5.41, 5.74) is 2.05. The van der Waals surface area contributed by atoms with E-state index in [1.807, 2.05) is 29.9 Å². The first-order valence-electron chi connectivity index (χ1n) is 5.65. The van der Waals surface area contributed by atoms with Gasteiger partial charge in [-0.2, -0.15) is 5.10 Å². The Bertz CT molecular complexity index is 525. The molecule has 3 nitrogen and oxygen atoms in total. The van der Waals surface area contributed by atoms with Crippen LogP contribution in [-0.4, -0.2) is 16.4 Å². The van der Waals surface area contributed by atoms with E-state index in [1.54, 1.807) is 12.3 Å². The van der Waals surface area contributed by atoms with Gasteiger partial charge in [0.05, 0.1) is 12.5 Å². The van der Waals surface area contributed by atoms with E-state index in [0.29, 0.717) is 17.5 Å². The third kappa shape index (κ3) is 3.18. The Labute approximate surface area is 116 Å². The van der Waals surface area contributed by atoms with Gasteiger partial charge in [-0.25, -0.2) is 0 Å². The van der Waals surface area contributed by atoms with Gasteiger partial charge in [0, 0.05) is 35.9 Å². The number of benzene rings is 1. The van der Waals surface area contributed by atoms with Crippen LogP contribution in [0.1, 0.15) is 11.3 Å². The maximum absolute atomic E-state index is 5.91. The van der Waals surface area contributed by atoms with Crippen LogP contribution in [0.3, 0.4) is 0 Å². The zero-order valence-corrected chi connectivity index (χ0v) is 11.6. The molecular formula is C13H14Cl2N2O. The molecule has 2 aromatic rings. The fourth-order valence-corrected chi connectivity index (χ4v) is 2.11. The van der Waals surface area contributed by atoms with E-state index in [0.717, 1.165) is 23.4 Å². The van der Waals surface area contributed by atoms with Gasteiger partial charge in [0.1, 0.15) is 5.75 Å². The van der Waals surface area contributed by atoms with Crippen molar-refractivity contribution in [3.05, 3.63) is 46.7 Å². The number of nitrogens with zero attached hydrogens (tertiary/aromatic N) is 2. The number of aryl methyl sites for hydroxylation is 1. The van der Waals surface area contributed by atoms with E-state index in [2.05, 4.69) is 5.10 Å². The monoisotopic (exact) mass is 284 g/mol. The molecule has 0 unspecified atom stereocenters. The van der Waals surface area contributed by atoms with Crippen molar-refractivity contribution < 1.29 is 4.74 Å². The minimum absolute atomic E-state index is 0.390. The lowest BCUT2D eigenvalue weighted by molar-refractivity contribution is 0.316. The second-order valence-corrected chi connectivity index (χ2v) is 4.63. The van der Waals surface area contributed by atoms with E-state index >= 15 is 0 Å². The molecule has 0 saturated heterocycles. The van der Waals surface area contributed by atoms with E-state index in [9.17, 15) is 0 Å². The predicted molar refractivity (Wildman–Crippen MR) is 73.4 cm³/mol. The highest BCUT2D eigenvalue weighted by Crippen LogP contribution is 2.24. The van der Waals surface area contributed by atoms with Crippen LogP contribution in [-0.2, 0) is 19.3 Å². The third-order valence-corrected chi connectivity index (χ3v) is 3.23. The summed E-state index contributed by atoms with van der Waals surface area (Å²) in [4.78, 5) is 0. The van der Waals surface area contributed by atoms with Gasteiger partial charge in [0.2, 0.25) is 0 Å². The molecule has 0 N–H and O–H groups in total. The molecule has 0 aliphatic rings. The van der Waals surface area contributed by atoms with Crippen molar-refractivity contribution in [3.8, 4) is 5.75 Å². The highest BCUT2D eigenvalue weighted by atomic mass is 35.5. The molecule has 5 heteroatoms. The minimum atomic E-state index is 0.390. The molecule has 0 amide bonds. The minimum Gasteiger partial charge on any atom is -0.493 e. The maximum Gasteiger partial charge on any atom is 0.123 e. The highest BCUT2D eigenvalue weighted by Gasteiger charge is 2.05. The van der Waals surface area contributed by atoms with Crippen LogP contribution in [0, 0.1) is 0 Å². The fraction of sp³-hybridized carbons (Fsp3) is 0.308. The van der Waals surface area contributed by atoms with Crippen LogP contribution in [0.2, 0.25) is 5.02 Å². The number of halogens is 2. The Morgan fingerprint density at radius 2 is 2.17 bits per heavy atom. The molecular weight excluding hydrogens is 271 g/mol. The summed E-state index contributed by atoms with van der Waals surface area (Å²) < 4.78 is 7.57. The second-order valence-electron chi connectivity index (χ2n) is 3.93. The smallest absolute Gasteiger partial charge is 0.123 e. The van der Waals surface area contributed by atoms with Gasteiger partial charge in [-0.05, 0) is 24.3 Å². The van der Waals surface area contributed by atoms with Gasteiger partial charge in [0.15, 0.2) is 0 Å². The Morgan fingerprint density at radius 3 is 2.83 bits per heavy atom. The molecule has 1 heterocycles. The highest BCUT2D eigenvalue weighted by molar-refractivity contribution is 6.30. The van der Waals surface area contributed by atoms with Crippen LogP contribution in [0.25, 0.3) is 0 Å². The number of alkyl halides is 1. The molecule has 96 valence electrons. The molecule has 0 atom stereocenters. The average Bonchev–Trinajstić information content (AvgIpc) is 2.77. The van der Waals surface area contributed by atoms with Crippen LogP contribution in [0.15, 0.2) is 30.5 Å². The molecule has 0 saturated carbocycles. The van der Waals surface area contributed by atoms with E-state index in [1.165, 1.54) is 0 Å². The SMILES string of the molecule is Cn1nccc1CCOc1ccc(Cl)cc1CCl. The average molecular weight is 285 g/mol. The molecule has 0 spiro atoms. The largest absolute Gasteiger partial charge is 0.493 e. The standard InChI is InChI=1S/C13H14Cl2N2O/c1-17-12(4-6-16-17)5-7-18-13-3-2-11(15)8-10(13)9-14/h2-4,6,8H,5,7,9H2,1H3. The first kappa shape index (κ1) is 13.2. The zero-order chi connectivity index (χ0) is 13.0. The van der Waals surface area contributed by atoms with Crippen LogP contribution < -0.4 is 4.74 Å². The number of ether oxygens (including phenoxy) is 1. The number of hydrogen-bond acceptors (Lipinski definition) is 2. The van der Waals surface area contributed by atoms with Crippen molar-refractivity contribution in [1.29, 1.82) is 0 Å². The predicted octanol–water partition coefficient (Wildman–Crippen LogP) is 3.43. The summed E-state index contributed by atoms with van der Waals surface area (Å²) in [7, 11) is 1.92. The van der Waals surface area contributed by atoms with E-state index in [4.69, 9.17) is 27.9 Å². The topological polar surface area (TPSA) is 27.1 Å². The van der Waals surface area contributed by atoms with Crippen LogP contribution >= 0.6 is 23.2 Å². The van der Waals surface area contributed by atoms with Gasteiger partial charge in [-0.3, -0.25) is 4.68 Å². The van der Waals surface area contributed by atoms with Crippen molar-refractivity contribution in [3.63, 3.8) is 0 Å². The molecule has 1 aromatic carbocycles. The summed E-state index contributed by atoms with van der Waals surface area (Å²) >= 11 is 11.8. The zero-order valence-electron chi connectivity index (χ0n) is 10.1. The van der Waals surface area contributed by atoms with Gasteiger partial charge < -0.3 is 4.74 Å². The van der Waals surface area contributed by atoms with Crippen molar-refractivity contribution in [2.24, 2.45) is 7.05 Å². The maximum atomic E-state index is 5.91. The first-order chi connectivity index (χ1) is 8.70. The van der Waals surface area contributed by atoms with Gasteiger partial charge >= 0.3 is 0 Å². The quantitative estimate of drug-likeness (QED) is 0.787. The van der Waals surface area contributed by atoms with Crippen LogP contribution in [0.5, 0.6) is 5.75 Å². The molecule has 0 aliphatic heterocycles. The Morgan fingerprint density at radius 1 is 1.33 bits per heavy atom. The Hall–Kier alpha value is -1.19. The molecule has 1 aromatic heterocycles. The summed E-state index contributed by atoms with van der Waals surface area (Å²) in [5, 5.41) is 4.78. The lowest BCUT2D eigenvalue weighted by Crippen LogP contribution is -2.06. The molecule has 18 heavy (non-hydrogen) atoms. The fourth-order valence-electron chi connectivity index (χ4n) is 1.71. The summed E-state index contributed by atoms with van der Waals surface area (Å²) in [6.45, 7) is 0.588. The number of rotatable bonds is 5. The van der Waals surface area contributed by atoms with Crippen molar-refractivity contribution in [2.75, 3.05) is 6.61 Å².